The summed E-state index contributed by atoms with van der Waals surface area (Å²) in [5.41, 5.74) is 12.7. The first kappa shape index (κ1) is 26.2. The molecule has 1 aliphatic rings. The Bertz CT molecular complexity index is 1230. The molecule has 3 aromatic carbocycles. The van der Waals surface area contributed by atoms with E-state index in [0.717, 1.165) is 23.6 Å². The molecule has 4 rings (SSSR count). The number of hydrogen-bond donors (Lipinski definition) is 4. The van der Waals surface area contributed by atoms with Gasteiger partial charge in [0, 0.05) is 37.8 Å². The Morgan fingerprint density at radius 1 is 1.03 bits per heavy atom. The monoisotopic (exact) mass is 500 g/mol. The lowest BCUT2D eigenvalue weighted by Crippen LogP contribution is -2.49. The van der Waals surface area contributed by atoms with Crippen LogP contribution in [-0.2, 0) is 11.2 Å². The molecule has 2 amide bonds. The Morgan fingerprint density at radius 3 is 2.57 bits per heavy atom. The summed E-state index contributed by atoms with van der Waals surface area (Å²) in [6.07, 6.45) is 2.86. The van der Waals surface area contributed by atoms with Gasteiger partial charge in [-0.05, 0) is 54.2 Å². The van der Waals surface area contributed by atoms with Gasteiger partial charge in [0.2, 0.25) is 5.91 Å². The van der Waals surface area contributed by atoms with Gasteiger partial charge >= 0.3 is 0 Å². The molecule has 0 spiro atoms. The summed E-state index contributed by atoms with van der Waals surface area (Å²) in [5.74, 6) is 0.0243. The van der Waals surface area contributed by atoms with Crippen molar-refractivity contribution in [3.05, 3.63) is 83.9 Å². The Morgan fingerprint density at radius 2 is 1.78 bits per heavy atom. The minimum atomic E-state index is -0.352. The third-order valence-corrected chi connectivity index (χ3v) is 6.77. The van der Waals surface area contributed by atoms with E-state index in [-0.39, 0.29) is 29.9 Å². The van der Waals surface area contributed by atoms with Crippen molar-refractivity contribution in [2.24, 2.45) is 16.5 Å². The number of rotatable bonds is 10. The van der Waals surface area contributed by atoms with E-state index in [1.54, 1.807) is 0 Å². The number of nitrogens with zero attached hydrogens (tertiary/aromatic N) is 2. The Kier molecular flexibility index (Phi) is 9.10. The third kappa shape index (κ3) is 7.54. The average molecular weight is 501 g/mol. The topological polar surface area (TPSA) is 126 Å². The van der Waals surface area contributed by atoms with Crippen LogP contribution in [0.3, 0.4) is 0 Å². The number of nitrogens with one attached hydrogen (secondary N) is 2. The molecule has 0 saturated carbocycles. The van der Waals surface area contributed by atoms with Crippen molar-refractivity contribution in [1.29, 1.82) is 0 Å². The van der Waals surface area contributed by atoms with Gasteiger partial charge in [0.05, 0.1) is 6.04 Å². The zero-order valence-corrected chi connectivity index (χ0v) is 21.1. The molecule has 0 aliphatic carbocycles. The van der Waals surface area contributed by atoms with Crippen molar-refractivity contribution < 1.29 is 9.59 Å². The smallest absolute Gasteiger partial charge is 0.251 e. The number of hydrogen-bond acceptors (Lipinski definition) is 4. The van der Waals surface area contributed by atoms with Crippen LogP contribution in [0.25, 0.3) is 10.8 Å². The van der Waals surface area contributed by atoms with Crippen molar-refractivity contribution in [1.82, 2.24) is 15.5 Å². The summed E-state index contributed by atoms with van der Waals surface area (Å²) < 4.78 is 0. The second-order valence-corrected chi connectivity index (χ2v) is 9.49. The number of nitrogens with two attached hydrogens (primary N) is 2. The molecular weight excluding hydrogens is 464 g/mol. The third-order valence-electron chi connectivity index (χ3n) is 6.77. The Balaban J connectivity index is 1.39. The summed E-state index contributed by atoms with van der Waals surface area (Å²) in [7, 11) is 0. The second-order valence-electron chi connectivity index (χ2n) is 9.49. The Hall–Kier alpha value is -3.91. The van der Waals surface area contributed by atoms with E-state index >= 15 is 0 Å². The number of aliphatic imine (C=N–C) groups is 1. The van der Waals surface area contributed by atoms with Crippen molar-refractivity contribution >= 4 is 28.5 Å². The fraction of sp³-hybridized carbons (Fsp3) is 0.345. The molecule has 1 saturated heterocycles. The number of carbonyl (C=O) groups excluding carboxylic acids is 2. The van der Waals surface area contributed by atoms with Gasteiger partial charge in [0.1, 0.15) is 0 Å². The molecule has 2 atom stereocenters. The lowest BCUT2D eigenvalue weighted by atomic mass is 10.1. The van der Waals surface area contributed by atoms with Gasteiger partial charge in [-0.2, -0.15) is 0 Å². The van der Waals surface area contributed by atoms with E-state index in [1.165, 1.54) is 5.56 Å². The van der Waals surface area contributed by atoms with Crippen LogP contribution >= 0.6 is 0 Å². The summed E-state index contributed by atoms with van der Waals surface area (Å²) in [6, 6.07) is 23.5. The molecule has 194 valence electrons. The highest BCUT2D eigenvalue weighted by molar-refractivity contribution is 5.98. The van der Waals surface area contributed by atoms with Gasteiger partial charge in [-0.3, -0.25) is 14.6 Å². The number of carbonyl (C=O) groups is 2. The minimum absolute atomic E-state index is 0.0249. The molecular formula is C29H36N6O2. The van der Waals surface area contributed by atoms with Crippen LogP contribution in [0.5, 0.6) is 0 Å². The maximum Gasteiger partial charge on any atom is 0.251 e. The summed E-state index contributed by atoms with van der Waals surface area (Å²) >= 11 is 0. The van der Waals surface area contributed by atoms with E-state index in [1.807, 2.05) is 65.6 Å². The van der Waals surface area contributed by atoms with Crippen LogP contribution in [0.4, 0.5) is 0 Å². The summed E-state index contributed by atoms with van der Waals surface area (Å²) in [5, 5.41) is 8.70. The quantitative estimate of drug-likeness (QED) is 0.193. The fourth-order valence-corrected chi connectivity index (χ4v) is 4.73. The first-order chi connectivity index (χ1) is 18.0. The molecule has 0 unspecified atom stereocenters. The standard InChI is InChI=1S/C29H36N6O2/c30-29(31)32-16-6-11-26-28(37)35(17-14-21-7-2-1-3-8-21)18-15-25(34-26)20-33-27(36)24-13-12-22-9-4-5-10-23(22)19-24/h1-5,7-10,12-13,19,25-26,34H,6,11,14-18,20H2,(H,33,36)(H4,30,31,32)/t25-,26-/m0/s1. The van der Waals surface area contributed by atoms with Crippen LogP contribution in [0, 0.1) is 0 Å². The average Bonchev–Trinajstić information content (AvgIpc) is 3.07. The SMILES string of the molecule is NC(N)=NCCC[C@@H]1N[C@H](CNC(=O)c2ccc3ccccc3c2)CCN(CCc2ccccc2)C1=O. The minimum Gasteiger partial charge on any atom is -0.370 e. The normalized spacial score (nSPS) is 17.8. The highest BCUT2D eigenvalue weighted by atomic mass is 16.2. The first-order valence-electron chi connectivity index (χ1n) is 12.9. The summed E-state index contributed by atoms with van der Waals surface area (Å²) in [4.78, 5) is 32.3. The molecule has 1 heterocycles. The van der Waals surface area contributed by atoms with Crippen molar-refractivity contribution in [2.75, 3.05) is 26.2 Å². The molecule has 8 heteroatoms. The van der Waals surface area contributed by atoms with Gasteiger partial charge in [0.25, 0.3) is 5.91 Å². The van der Waals surface area contributed by atoms with Crippen molar-refractivity contribution in [2.45, 2.75) is 37.8 Å². The second kappa shape index (κ2) is 12.9. The number of fused-ring (bicyclic) bond motifs is 1. The van der Waals surface area contributed by atoms with Crippen molar-refractivity contribution in [3.8, 4) is 0 Å². The molecule has 6 N–H and O–H groups in total. The van der Waals surface area contributed by atoms with Gasteiger partial charge in [-0.15, -0.1) is 0 Å². The van der Waals surface area contributed by atoms with Gasteiger partial charge < -0.3 is 27.0 Å². The van der Waals surface area contributed by atoms with E-state index in [9.17, 15) is 9.59 Å². The van der Waals surface area contributed by atoms with Crippen LogP contribution in [0.2, 0.25) is 0 Å². The summed E-state index contributed by atoms with van der Waals surface area (Å²) in [6.45, 7) is 2.21. The fourth-order valence-electron chi connectivity index (χ4n) is 4.73. The zero-order valence-electron chi connectivity index (χ0n) is 21.1. The molecule has 8 nitrogen and oxygen atoms in total. The zero-order chi connectivity index (χ0) is 26.0. The van der Waals surface area contributed by atoms with E-state index in [2.05, 4.69) is 27.8 Å². The highest BCUT2D eigenvalue weighted by Gasteiger charge is 2.30. The van der Waals surface area contributed by atoms with Gasteiger partial charge in [-0.25, -0.2) is 0 Å². The first-order valence-corrected chi connectivity index (χ1v) is 12.9. The predicted octanol–water partition coefficient (Wildman–Crippen LogP) is 2.43. The lowest BCUT2D eigenvalue weighted by Gasteiger charge is -2.24. The van der Waals surface area contributed by atoms with Crippen LogP contribution < -0.4 is 22.1 Å². The van der Waals surface area contributed by atoms with Gasteiger partial charge in [-0.1, -0.05) is 60.7 Å². The Labute approximate surface area is 218 Å². The molecule has 1 aliphatic heterocycles. The maximum atomic E-state index is 13.4. The van der Waals surface area contributed by atoms with E-state index in [0.29, 0.717) is 44.6 Å². The molecule has 0 bridgehead atoms. The van der Waals surface area contributed by atoms with E-state index < -0.39 is 0 Å². The van der Waals surface area contributed by atoms with Gasteiger partial charge in [0.15, 0.2) is 5.96 Å². The highest BCUT2D eigenvalue weighted by Crippen LogP contribution is 2.16. The lowest BCUT2D eigenvalue weighted by molar-refractivity contribution is -0.132. The predicted molar refractivity (Wildman–Crippen MR) is 148 cm³/mol. The number of guanidine groups is 1. The van der Waals surface area contributed by atoms with Crippen molar-refractivity contribution in [3.63, 3.8) is 0 Å². The van der Waals surface area contributed by atoms with Crippen LogP contribution in [0.15, 0.2) is 77.8 Å². The molecule has 1 fully saturated rings. The van der Waals surface area contributed by atoms with Crippen LogP contribution in [0.1, 0.15) is 35.2 Å². The largest absolute Gasteiger partial charge is 0.370 e. The van der Waals surface area contributed by atoms with Crippen LogP contribution in [-0.4, -0.2) is 60.9 Å². The molecule has 0 aromatic heterocycles. The number of benzene rings is 3. The molecule has 3 aromatic rings. The molecule has 0 radical (unpaired) electrons. The maximum absolute atomic E-state index is 13.4. The van der Waals surface area contributed by atoms with E-state index in [4.69, 9.17) is 11.5 Å². The molecule has 37 heavy (non-hydrogen) atoms. The number of amides is 2.